The number of hydrogen-bond donors (Lipinski definition) is 1. The van der Waals surface area contributed by atoms with Crippen LogP contribution in [0.3, 0.4) is 0 Å². The van der Waals surface area contributed by atoms with Gasteiger partial charge in [0.1, 0.15) is 11.6 Å². The number of benzene rings is 1. The maximum atomic E-state index is 12.5. The molecule has 0 spiro atoms. The van der Waals surface area contributed by atoms with Crippen LogP contribution in [0.4, 0.5) is 14.5 Å². The molecule has 1 aliphatic carbocycles. The molecule has 1 saturated carbocycles. The summed E-state index contributed by atoms with van der Waals surface area (Å²) in [7, 11) is 1.17. The number of nitrogens with one attached hydrogen (secondary N) is 1. The van der Waals surface area contributed by atoms with Crippen LogP contribution in [0, 0.1) is 21.4 Å². The maximum Gasteiger partial charge on any atom is 0.387 e. The first-order valence-corrected chi connectivity index (χ1v) is 8.59. The lowest BCUT2D eigenvalue weighted by Gasteiger charge is -2.22. The van der Waals surface area contributed by atoms with E-state index in [-0.39, 0.29) is 22.9 Å². The number of methoxy groups -OCH3 is 1. The number of nitriles is 1. The lowest BCUT2D eigenvalue weighted by atomic mass is 9.95. The van der Waals surface area contributed by atoms with Gasteiger partial charge in [-0.1, -0.05) is 19.3 Å². The minimum Gasteiger partial charge on any atom is -0.493 e. The van der Waals surface area contributed by atoms with E-state index in [0.29, 0.717) is 0 Å². The highest BCUT2D eigenvalue weighted by Gasteiger charge is 2.23. The van der Waals surface area contributed by atoms with Gasteiger partial charge in [0.2, 0.25) is 0 Å². The van der Waals surface area contributed by atoms with Gasteiger partial charge in [0.05, 0.1) is 23.7 Å². The molecule has 8 nitrogen and oxygen atoms in total. The molecule has 1 aliphatic rings. The van der Waals surface area contributed by atoms with E-state index >= 15 is 0 Å². The Morgan fingerprint density at radius 2 is 2.04 bits per heavy atom. The molecule has 1 N–H and O–H groups in total. The normalized spacial score (nSPS) is 15.0. The average Bonchev–Trinajstić information content (AvgIpc) is 2.66. The van der Waals surface area contributed by atoms with E-state index in [0.717, 1.165) is 50.3 Å². The molecule has 0 radical (unpaired) electrons. The number of rotatable bonds is 7. The standard InChI is InChI=1S/C18H19F2N3O5/c1-27-15-8-11(14(23(25)26)9-16(15)28-18(19)20)7-12(10-21)17(24)22-13-5-3-2-4-6-13/h7-9,13,18H,2-6H2,1H3,(H,22,24)/b12-7+. The summed E-state index contributed by atoms with van der Waals surface area (Å²) in [5.74, 6) is -1.36. The van der Waals surface area contributed by atoms with Crippen molar-refractivity contribution in [3.05, 3.63) is 33.4 Å². The summed E-state index contributed by atoms with van der Waals surface area (Å²) in [6.07, 6.45) is 5.68. The largest absolute Gasteiger partial charge is 0.493 e. The van der Waals surface area contributed by atoms with E-state index in [9.17, 15) is 29.0 Å². The molecule has 0 aromatic heterocycles. The predicted molar refractivity (Wildman–Crippen MR) is 94.9 cm³/mol. The van der Waals surface area contributed by atoms with Gasteiger partial charge in [-0.25, -0.2) is 0 Å². The van der Waals surface area contributed by atoms with Gasteiger partial charge >= 0.3 is 6.61 Å². The highest BCUT2D eigenvalue weighted by atomic mass is 19.3. The Bertz CT molecular complexity index is 814. The van der Waals surface area contributed by atoms with Crippen molar-refractivity contribution >= 4 is 17.7 Å². The third-order valence-corrected chi connectivity index (χ3v) is 4.33. The van der Waals surface area contributed by atoms with Crippen LogP contribution >= 0.6 is 0 Å². The van der Waals surface area contributed by atoms with Gasteiger partial charge in [-0.3, -0.25) is 14.9 Å². The van der Waals surface area contributed by atoms with Crippen molar-refractivity contribution in [2.24, 2.45) is 0 Å². The van der Waals surface area contributed by atoms with E-state index in [1.807, 2.05) is 0 Å². The topological polar surface area (TPSA) is 114 Å². The SMILES string of the molecule is COc1cc(/C=C(\C#N)C(=O)NC2CCCCC2)c([N+](=O)[O-])cc1OC(F)F. The molecule has 150 valence electrons. The molecule has 1 amide bonds. The van der Waals surface area contributed by atoms with Crippen LogP contribution in [0.2, 0.25) is 0 Å². The second-order valence-corrected chi connectivity index (χ2v) is 6.18. The minimum atomic E-state index is -3.20. The first kappa shape index (κ1) is 21.1. The lowest BCUT2D eigenvalue weighted by molar-refractivity contribution is -0.385. The van der Waals surface area contributed by atoms with Crippen molar-refractivity contribution in [3.8, 4) is 17.6 Å². The number of halogens is 2. The smallest absolute Gasteiger partial charge is 0.387 e. The zero-order valence-corrected chi connectivity index (χ0v) is 15.1. The molecule has 0 heterocycles. The van der Waals surface area contributed by atoms with Gasteiger partial charge in [-0.05, 0) is 25.0 Å². The Hall–Kier alpha value is -3.22. The van der Waals surface area contributed by atoms with E-state index in [1.165, 1.54) is 7.11 Å². The van der Waals surface area contributed by atoms with Crippen molar-refractivity contribution in [2.75, 3.05) is 7.11 Å². The average molecular weight is 395 g/mol. The number of amides is 1. The highest BCUT2D eigenvalue weighted by Crippen LogP contribution is 2.36. The fourth-order valence-corrected chi connectivity index (χ4v) is 3.00. The van der Waals surface area contributed by atoms with E-state index in [2.05, 4.69) is 10.1 Å². The van der Waals surface area contributed by atoms with Gasteiger partial charge < -0.3 is 14.8 Å². The molecule has 1 aromatic rings. The summed E-state index contributed by atoms with van der Waals surface area (Å²) < 4.78 is 34.2. The van der Waals surface area contributed by atoms with Crippen LogP contribution in [0.25, 0.3) is 6.08 Å². The van der Waals surface area contributed by atoms with E-state index < -0.39 is 28.9 Å². The molecule has 2 rings (SSSR count). The number of alkyl halides is 2. The molecule has 0 atom stereocenters. The first-order chi connectivity index (χ1) is 13.3. The predicted octanol–water partition coefficient (Wildman–Crippen LogP) is 3.56. The summed E-state index contributed by atoms with van der Waals surface area (Å²) in [6, 6.07) is 3.51. The number of hydrogen-bond acceptors (Lipinski definition) is 6. The zero-order chi connectivity index (χ0) is 20.7. The van der Waals surface area contributed by atoms with Crippen LogP contribution in [0.5, 0.6) is 11.5 Å². The minimum absolute atomic E-state index is 0.0515. The summed E-state index contributed by atoms with van der Waals surface area (Å²) in [5.41, 5.74) is -1.08. The summed E-state index contributed by atoms with van der Waals surface area (Å²) in [6.45, 7) is -3.20. The molecular formula is C18H19F2N3O5. The zero-order valence-electron chi connectivity index (χ0n) is 15.1. The molecular weight excluding hydrogens is 376 g/mol. The van der Waals surface area contributed by atoms with Crippen LogP contribution in [0.15, 0.2) is 17.7 Å². The number of carbonyl (C=O) groups is 1. The first-order valence-electron chi connectivity index (χ1n) is 8.59. The number of carbonyl (C=O) groups excluding carboxylic acids is 1. The van der Waals surface area contributed by atoms with Gasteiger partial charge in [-0.15, -0.1) is 0 Å². The van der Waals surface area contributed by atoms with Crippen molar-refractivity contribution in [3.63, 3.8) is 0 Å². The van der Waals surface area contributed by atoms with Gasteiger partial charge in [0, 0.05) is 6.04 Å². The fourth-order valence-electron chi connectivity index (χ4n) is 3.00. The molecule has 0 saturated heterocycles. The molecule has 1 fully saturated rings. The quantitative estimate of drug-likeness (QED) is 0.327. The number of nitrogens with zero attached hydrogens (tertiary/aromatic N) is 2. The number of ether oxygens (including phenoxy) is 2. The lowest BCUT2D eigenvalue weighted by Crippen LogP contribution is -2.36. The van der Waals surface area contributed by atoms with Crippen LogP contribution < -0.4 is 14.8 Å². The van der Waals surface area contributed by atoms with Crippen LogP contribution in [-0.2, 0) is 4.79 Å². The Kier molecular flexibility index (Phi) is 7.26. The Labute approximate surface area is 159 Å². The second-order valence-electron chi connectivity index (χ2n) is 6.18. The molecule has 0 aliphatic heterocycles. The monoisotopic (exact) mass is 395 g/mol. The van der Waals surface area contributed by atoms with Crippen molar-refractivity contribution in [2.45, 2.75) is 44.8 Å². The Morgan fingerprint density at radius 1 is 1.36 bits per heavy atom. The molecule has 0 unspecified atom stereocenters. The second kappa shape index (κ2) is 9.64. The summed E-state index contributed by atoms with van der Waals surface area (Å²) in [4.78, 5) is 22.9. The van der Waals surface area contributed by atoms with Gasteiger partial charge in [0.25, 0.3) is 11.6 Å². The third-order valence-electron chi connectivity index (χ3n) is 4.33. The highest BCUT2D eigenvalue weighted by molar-refractivity contribution is 6.02. The molecule has 1 aromatic carbocycles. The third kappa shape index (κ3) is 5.39. The van der Waals surface area contributed by atoms with Gasteiger partial charge in [0.15, 0.2) is 11.5 Å². The van der Waals surface area contributed by atoms with Crippen LogP contribution in [0.1, 0.15) is 37.7 Å². The van der Waals surface area contributed by atoms with Crippen molar-refractivity contribution in [1.82, 2.24) is 5.32 Å². The number of nitro benzene ring substituents is 1. The van der Waals surface area contributed by atoms with Crippen LogP contribution in [-0.4, -0.2) is 30.6 Å². The van der Waals surface area contributed by atoms with Gasteiger partial charge in [-0.2, -0.15) is 14.0 Å². The van der Waals surface area contributed by atoms with Crippen molar-refractivity contribution in [1.29, 1.82) is 5.26 Å². The Morgan fingerprint density at radius 3 is 2.57 bits per heavy atom. The molecule has 0 bridgehead atoms. The summed E-state index contributed by atoms with van der Waals surface area (Å²) >= 11 is 0. The fraction of sp³-hybridized carbons (Fsp3) is 0.444. The van der Waals surface area contributed by atoms with E-state index in [1.54, 1.807) is 6.07 Å². The Balaban J connectivity index is 2.38. The molecule has 28 heavy (non-hydrogen) atoms. The molecule has 10 heteroatoms. The summed E-state index contributed by atoms with van der Waals surface area (Å²) in [5, 5.41) is 23.4. The number of nitro groups is 1. The maximum absolute atomic E-state index is 12.5. The van der Waals surface area contributed by atoms with E-state index in [4.69, 9.17) is 4.74 Å². The van der Waals surface area contributed by atoms with Crippen molar-refractivity contribution < 1.29 is 28.0 Å².